The van der Waals surface area contributed by atoms with Gasteiger partial charge in [-0.1, -0.05) is 24.3 Å². The summed E-state index contributed by atoms with van der Waals surface area (Å²) in [6.07, 6.45) is 3.26. The molecular weight excluding hydrogens is 310 g/mol. The highest BCUT2D eigenvalue weighted by Crippen LogP contribution is 2.31. The molecule has 0 saturated heterocycles. The van der Waals surface area contributed by atoms with E-state index in [2.05, 4.69) is 54.1 Å². The first-order valence-electron chi connectivity index (χ1n) is 7.59. The normalized spacial score (nSPS) is 12.7. The van der Waals surface area contributed by atoms with Gasteiger partial charge in [0.1, 0.15) is 6.54 Å². The van der Waals surface area contributed by atoms with Crippen molar-refractivity contribution in [2.45, 2.75) is 19.9 Å². The quantitative estimate of drug-likeness (QED) is 0.747. The molecule has 2 aromatic carbocycles. The van der Waals surface area contributed by atoms with Crippen LogP contribution in [0.4, 0.5) is 0 Å². The molecular formula is C19H22ClNO2. The summed E-state index contributed by atoms with van der Waals surface area (Å²) in [4.78, 5) is 0. The van der Waals surface area contributed by atoms with Crippen molar-refractivity contribution >= 4 is 6.21 Å². The first-order valence-corrected chi connectivity index (χ1v) is 7.59. The number of ether oxygens (including phenoxy) is 2. The highest BCUT2D eigenvalue weighted by atomic mass is 35.5. The molecule has 3 nitrogen and oxygen atoms in total. The van der Waals surface area contributed by atoms with Crippen LogP contribution < -0.4 is 21.9 Å². The Balaban J connectivity index is 0.00000192. The van der Waals surface area contributed by atoms with Gasteiger partial charge in [0.05, 0.1) is 14.2 Å². The zero-order chi connectivity index (χ0) is 15.5. The number of nitrogens with zero attached hydrogens (tertiary/aromatic N) is 1. The Kier molecular flexibility index (Phi) is 5.67. The van der Waals surface area contributed by atoms with Crippen molar-refractivity contribution < 1.29 is 26.5 Å². The molecule has 0 N–H and O–H groups in total. The van der Waals surface area contributed by atoms with Crippen LogP contribution >= 0.6 is 0 Å². The smallest absolute Gasteiger partial charge is 0.171 e. The molecule has 3 rings (SSSR count). The molecule has 0 saturated carbocycles. The number of halogens is 1. The predicted octanol–water partition coefficient (Wildman–Crippen LogP) is 0.204. The molecule has 0 aromatic heterocycles. The van der Waals surface area contributed by atoms with E-state index in [0.29, 0.717) is 0 Å². The Morgan fingerprint density at radius 2 is 1.74 bits per heavy atom. The van der Waals surface area contributed by atoms with Crippen LogP contribution in [0, 0.1) is 6.92 Å². The van der Waals surface area contributed by atoms with Crippen LogP contribution in [0.1, 0.15) is 22.3 Å². The largest absolute Gasteiger partial charge is 1.00 e. The number of aryl methyl sites for hydroxylation is 1. The van der Waals surface area contributed by atoms with Crippen LogP contribution in [-0.2, 0) is 13.0 Å². The molecule has 0 amide bonds. The van der Waals surface area contributed by atoms with Gasteiger partial charge in [-0.05, 0) is 30.2 Å². The molecule has 0 bridgehead atoms. The summed E-state index contributed by atoms with van der Waals surface area (Å²) in [5, 5.41) is 0. The number of hydrogen-bond donors (Lipinski definition) is 0. The van der Waals surface area contributed by atoms with Crippen LogP contribution in [0.5, 0.6) is 11.5 Å². The van der Waals surface area contributed by atoms with Crippen molar-refractivity contribution in [3.63, 3.8) is 0 Å². The third-order valence-electron chi connectivity index (χ3n) is 4.27. The van der Waals surface area contributed by atoms with Crippen LogP contribution in [-0.4, -0.2) is 31.6 Å². The van der Waals surface area contributed by atoms with E-state index in [1.807, 2.05) is 0 Å². The predicted molar refractivity (Wildman–Crippen MR) is 88.4 cm³/mol. The average molecular weight is 332 g/mol. The molecule has 0 atom stereocenters. The van der Waals surface area contributed by atoms with Crippen molar-refractivity contribution in [1.82, 2.24) is 0 Å². The Labute approximate surface area is 144 Å². The Bertz CT molecular complexity index is 725. The topological polar surface area (TPSA) is 21.5 Å². The lowest BCUT2D eigenvalue weighted by Gasteiger charge is -2.16. The molecule has 0 radical (unpaired) electrons. The van der Waals surface area contributed by atoms with Crippen LogP contribution in [0.25, 0.3) is 0 Å². The third-order valence-corrected chi connectivity index (χ3v) is 4.27. The molecule has 23 heavy (non-hydrogen) atoms. The average Bonchev–Trinajstić information content (AvgIpc) is 2.55. The lowest BCUT2D eigenvalue weighted by molar-refractivity contribution is -0.540. The van der Waals surface area contributed by atoms with Gasteiger partial charge in [-0.3, -0.25) is 0 Å². The minimum Gasteiger partial charge on any atom is -1.00 e. The summed E-state index contributed by atoms with van der Waals surface area (Å²) < 4.78 is 13.2. The molecule has 1 heterocycles. The zero-order valence-corrected chi connectivity index (χ0v) is 14.6. The van der Waals surface area contributed by atoms with E-state index in [1.165, 1.54) is 22.3 Å². The van der Waals surface area contributed by atoms with E-state index in [9.17, 15) is 0 Å². The fourth-order valence-corrected chi connectivity index (χ4v) is 2.93. The lowest BCUT2D eigenvalue weighted by atomic mass is 10.0. The van der Waals surface area contributed by atoms with E-state index in [-0.39, 0.29) is 12.4 Å². The van der Waals surface area contributed by atoms with Gasteiger partial charge >= 0.3 is 0 Å². The van der Waals surface area contributed by atoms with Crippen molar-refractivity contribution in [2.24, 2.45) is 0 Å². The molecule has 4 heteroatoms. The SMILES string of the molecule is COc1cc2c(cc1OC)CC[N+](Cc1ccccc1C)=C2.[Cl-]. The second-order valence-corrected chi connectivity index (χ2v) is 5.68. The maximum atomic E-state index is 5.41. The molecule has 122 valence electrons. The second-order valence-electron chi connectivity index (χ2n) is 5.68. The highest BCUT2D eigenvalue weighted by molar-refractivity contribution is 5.80. The summed E-state index contributed by atoms with van der Waals surface area (Å²) >= 11 is 0. The molecule has 1 aliphatic heterocycles. The molecule has 0 spiro atoms. The minimum atomic E-state index is 0. The van der Waals surface area contributed by atoms with E-state index >= 15 is 0 Å². The Morgan fingerprint density at radius 1 is 1.04 bits per heavy atom. The fourth-order valence-electron chi connectivity index (χ4n) is 2.93. The standard InChI is InChI=1S/C19H22NO2.ClH/c1-14-6-4-5-7-16(14)12-20-9-8-15-10-18(21-2)19(22-3)11-17(15)13-20;/h4-7,10-11,13H,8-9,12H2,1-3H3;1H/q+1;/p-1. The highest BCUT2D eigenvalue weighted by Gasteiger charge is 2.19. The number of fused-ring (bicyclic) bond motifs is 1. The minimum absolute atomic E-state index is 0. The van der Waals surface area contributed by atoms with Gasteiger partial charge in [0, 0.05) is 17.5 Å². The maximum absolute atomic E-state index is 5.41. The van der Waals surface area contributed by atoms with Gasteiger partial charge in [0.2, 0.25) is 0 Å². The van der Waals surface area contributed by atoms with Gasteiger partial charge < -0.3 is 21.9 Å². The number of hydrogen-bond acceptors (Lipinski definition) is 2. The van der Waals surface area contributed by atoms with Gasteiger partial charge in [0.15, 0.2) is 24.3 Å². The van der Waals surface area contributed by atoms with E-state index in [0.717, 1.165) is 31.0 Å². The fraction of sp³-hybridized carbons (Fsp3) is 0.316. The second kappa shape index (κ2) is 7.51. The molecule has 0 unspecified atom stereocenters. The number of methoxy groups -OCH3 is 2. The molecule has 0 aliphatic carbocycles. The van der Waals surface area contributed by atoms with Gasteiger partial charge in [0.25, 0.3) is 0 Å². The van der Waals surface area contributed by atoms with Crippen LogP contribution in [0.3, 0.4) is 0 Å². The molecule has 2 aromatic rings. The number of benzene rings is 2. The van der Waals surface area contributed by atoms with Crippen molar-refractivity contribution in [3.8, 4) is 11.5 Å². The van der Waals surface area contributed by atoms with E-state index in [1.54, 1.807) is 14.2 Å². The van der Waals surface area contributed by atoms with Gasteiger partial charge in [-0.15, -0.1) is 0 Å². The van der Waals surface area contributed by atoms with E-state index in [4.69, 9.17) is 9.47 Å². The van der Waals surface area contributed by atoms with Crippen molar-refractivity contribution in [2.75, 3.05) is 20.8 Å². The Morgan fingerprint density at radius 3 is 2.43 bits per heavy atom. The first kappa shape index (κ1) is 17.4. The van der Waals surface area contributed by atoms with Gasteiger partial charge in [-0.25, -0.2) is 4.58 Å². The van der Waals surface area contributed by atoms with Crippen molar-refractivity contribution in [3.05, 3.63) is 58.7 Å². The van der Waals surface area contributed by atoms with Crippen LogP contribution in [0.2, 0.25) is 0 Å². The van der Waals surface area contributed by atoms with Crippen molar-refractivity contribution in [1.29, 1.82) is 0 Å². The summed E-state index contributed by atoms with van der Waals surface area (Å²) in [6, 6.07) is 12.7. The molecule has 1 aliphatic rings. The summed E-state index contributed by atoms with van der Waals surface area (Å²) in [6.45, 7) is 4.14. The maximum Gasteiger partial charge on any atom is 0.171 e. The summed E-state index contributed by atoms with van der Waals surface area (Å²) in [5.74, 6) is 1.59. The first-order chi connectivity index (χ1) is 10.7. The zero-order valence-electron chi connectivity index (χ0n) is 13.8. The van der Waals surface area contributed by atoms with Gasteiger partial charge in [-0.2, -0.15) is 0 Å². The monoisotopic (exact) mass is 331 g/mol. The van der Waals surface area contributed by atoms with Crippen LogP contribution in [0.15, 0.2) is 36.4 Å². The lowest BCUT2D eigenvalue weighted by Crippen LogP contribution is -3.00. The number of rotatable bonds is 4. The summed E-state index contributed by atoms with van der Waals surface area (Å²) in [5.41, 5.74) is 5.26. The van der Waals surface area contributed by atoms with E-state index < -0.39 is 0 Å². The molecule has 0 fully saturated rings. The third kappa shape index (κ3) is 3.67. The summed E-state index contributed by atoms with van der Waals surface area (Å²) in [7, 11) is 3.36. The Hall–Kier alpha value is -2.00.